The number of benzene rings is 1. The van der Waals surface area contributed by atoms with Gasteiger partial charge in [0.15, 0.2) is 0 Å². The molecule has 1 aromatic heterocycles. The van der Waals surface area contributed by atoms with Crippen LogP contribution in [0.3, 0.4) is 0 Å². The first-order valence-corrected chi connectivity index (χ1v) is 9.66. The number of fused-ring (bicyclic) bond motifs is 2. The molecule has 4 aliphatic heterocycles. The maximum atomic E-state index is 13.3. The molecule has 6 rings (SSSR count). The highest BCUT2D eigenvalue weighted by atomic mass is 16.5. The average molecular weight is 351 g/mol. The van der Waals surface area contributed by atoms with Crippen LogP contribution in [0.4, 0.5) is 0 Å². The summed E-state index contributed by atoms with van der Waals surface area (Å²) < 4.78 is 5.16. The van der Waals surface area contributed by atoms with Crippen LogP contribution in [0.2, 0.25) is 0 Å². The third kappa shape index (κ3) is 2.33. The number of aromatic nitrogens is 1. The van der Waals surface area contributed by atoms with E-state index in [0.29, 0.717) is 35.2 Å². The molecular formula is C21H25N3O2. The Labute approximate surface area is 153 Å². The molecule has 1 aromatic carbocycles. The van der Waals surface area contributed by atoms with Crippen LogP contribution >= 0.6 is 0 Å². The van der Waals surface area contributed by atoms with Crippen LogP contribution in [-0.4, -0.2) is 52.6 Å². The van der Waals surface area contributed by atoms with Crippen molar-refractivity contribution >= 4 is 5.91 Å². The third-order valence-corrected chi connectivity index (χ3v) is 6.74. The minimum absolute atomic E-state index is 0.0853. The Morgan fingerprint density at radius 3 is 2.50 bits per heavy atom. The SMILES string of the molecule is Cc1ccc([C@@H]2CN(C(=O)c3cnoc3C)[C@@H]3C4CCN(CC4)[C@@H]32)cc1. The molecule has 0 N–H and O–H groups in total. The predicted octanol–water partition coefficient (Wildman–Crippen LogP) is 2.99. The fourth-order valence-electron chi connectivity index (χ4n) is 5.42. The molecule has 1 amide bonds. The van der Waals surface area contributed by atoms with Gasteiger partial charge in [0.2, 0.25) is 0 Å². The first kappa shape index (κ1) is 16.1. The highest BCUT2D eigenvalue weighted by Crippen LogP contribution is 2.47. The summed E-state index contributed by atoms with van der Waals surface area (Å²) in [5.41, 5.74) is 3.25. The zero-order chi connectivity index (χ0) is 17.8. The van der Waals surface area contributed by atoms with E-state index in [4.69, 9.17) is 4.52 Å². The van der Waals surface area contributed by atoms with Crippen molar-refractivity contribution in [2.45, 2.75) is 44.7 Å². The number of likely N-dealkylation sites (tertiary alicyclic amines) is 1. The van der Waals surface area contributed by atoms with Crippen LogP contribution < -0.4 is 0 Å². The molecule has 4 fully saturated rings. The summed E-state index contributed by atoms with van der Waals surface area (Å²) in [5.74, 6) is 1.70. The van der Waals surface area contributed by atoms with Crippen molar-refractivity contribution in [2.24, 2.45) is 5.92 Å². The van der Waals surface area contributed by atoms with Crippen LogP contribution in [-0.2, 0) is 0 Å². The van der Waals surface area contributed by atoms with Gasteiger partial charge in [0.05, 0.1) is 12.2 Å². The molecule has 4 saturated heterocycles. The van der Waals surface area contributed by atoms with Crippen LogP contribution in [0, 0.1) is 19.8 Å². The quantitative estimate of drug-likeness (QED) is 0.835. The van der Waals surface area contributed by atoms with Crippen LogP contribution in [0.1, 0.15) is 46.0 Å². The second-order valence-corrected chi connectivity index (χ2v) is 8.12. The highest BCUT2D eigenvalue weighted by molar-refractivity contribution is 5.95. The maximum absolute atomic E-state index is 13.3. The summed E-state index contributed by atoms with van der Waals surface area (Å²) in [4.78, 5) is 18.1. The van der Waals surface area contributed by atoms with Gasteiger partial charge in [0, 0.05) is 18.5 Å². The monoisotopic (exact) mass is 351 g/mol. The molecule has 5 nitrogen and oxygen atoms in total. The molecule has 0 saturated carbocycles. The summed E-state index contributed by atoms with van der Waals surface area (Å²) in [5, 5.41) is 3.82. The van der Waals surface area contributed by atoms with E-state index >= 15 is 0 Å². The van der Waals surface area contributed by atoms with E-state index in [-0.39, 0.29) is 5.91 Å². The molecule has 26 heavy (non-hydrogen) atoms. The molecule has 4 aliphatic rings. The maximum Gasteiger partial charge on any atom is 0.259 e. The summed E-state index contributed by atoms with van der Waals surface area (Å²) in [7, 11) is 0. The lowest BCUT2D eigenvalue weighted by molar-refractivity contribution is -0.00345. The zero-order valence-electron chi connectivity index (χ0n) is 15.4. The Bertz CT molecular complexity index is 820. The van der Waals surface area contributed by atoms with Crippen molar-refractivity contribution in [1.29, 1.82) is 0 Å². The van der Waals surface area contributed by atoms with Crippen molar-refractivity contribution in [3.63, 3.8) is 0 Å². The molecule has 0 aliphatic carbocycles. The van der Waals surface area contributed by atoms with Gasteiger partial charge in [-0.1, -0.05) is 35.0 Å². The van der Waals surface area contributed by atoms with Crippen molar-refractivity contribution in [3.8, 4) is 0 Å². The van der Waals surface area contributed by atoms with Gasteiger partial charge in [-0.2, -0.15) is 0 Å². The topological polar surface area (TPSA) is 49.6 Å². The number of amides is 1. The minimum atomic E-state index is 0.0853. The van der Waals surface area contributed by atoms with Gasteiger partial charge < -0.3 is 9.42 Å². The van der Waals surface area contributed by atoms with Gasteiger partial charge in [-0.3, -0.25) is 9.69 Å². The number of piperidine rings is 3. The van der Waals surface area contributed by atoms with Crippen molar-refractivity contribution in [2.75, 3.05) is 19.6 Å². The average Bonchev–Trinajstić information content (AvgIpc) is 3.28. The predicted molar refractivity (Wildman–Crippen MR) is 98.1 cm³/mol. The standard InChI is InChI=1S/C21H25N3O2/c1-13-3-5-15(6-4-13)18-12-24(21(25)17-11-22-26-14(17)2)19-16-7-9-23(10-8-16)20(18)19/h3-6,11,16,18-20H,7-10,12H2,1-2H3/t18-,19+,20+/m0/s1. The number of carbonyl (C=O) groups is 1. The smallest absolute Gasteiger partial charge is 0.259 e. The van der Waals surface area contributed by atoms with Gasteiger partial charge >= 0.3 is 0 Å². The fourth-order valence-corrected chi connectivity index (χ4v) is 5.42. The van der Waals surface area contributed by atoms with Gasteiger partial charge in [-0.25, -0.2) is 0 Å². The van der Waals surface area contributed by atoms with Gasteiger partial charge in [-0.15, -0.1) is 0 Å². The van der Waals surface area contributed by atoms with E-state index in [9.17, 15) is 4.79 Å². The summed E-state index contributed by atoms with van der Waals surface area (Å²) in [6.45, 7) is 7.07. The minimum Gasteiger partial charge on any atom is -0.361 e. The molecule has 5 heteroatoms. The first-order chi connectivity index (χ1) is 12.6. The Morgan fingerprint density at radius 2 is 1.85 bits per heavy atom. The summed E-state index contributed by atoms with van der Waals surface area (Å²) in [6, 6.07) is 9.63. The van der Waals surface area contributed by atoms with Crippen LogP contribution in [0.25, 0.3) is 0 Å². The van der Waals surface area contributed by atoms with Crippen LogP contribution in [0.5, 0.6) is 0 Å². The molecule has 5 heterocycles. The third-order valence-electron chi connectivity index (χ3n) is 6.74. The largest absolute Gasteiger partial charge is 0.361 e. The molecule has 0 unspecified atom stereocenters. The Kier molecular flexibility index (Phi) is 3.67. The van der Waals surface area contributed by atoms with E-state index in [1.54, 1.807) is 6.20 Å². The number of rotatable bonds is 2. The summed E-state index contributed by atoms with van der Waals surface area (Å²) in [6.07, 6.45) is 3.98. The number of carbonyl (C=O) groups excluding carboxylic acids is 1. The lowest BCUT2D eigenvalue weighted by Crippen LogP contribution is -2.60. The van der Waals surface area contributed by atoms with E-state index in [2.05, 4.69) is 46.1 Å². The Hall–Kier alpha value is -2.14. The molecule has 2 aromatic rings. The summed E-state index contributed by atoms with van der Waals surface area (Å²) >= 11 is 0. The Morgan fingerprint density at radius 1 is 1.12 bits per heavy atom. The van der Waals surface area contributed by atoms with Gasteiger partial charge in [0.1, 0.15) is 11.3 Å². The van der Waals surface area contributed by atoms with Crippen molar-refractivity contribution in [3.05, 3.63) is 52.9 Å². The molecule has 0 spiro atoms. The molecule has 136 valence electrons. The normalized spacial score (nSPS) is 32.7. The van der Waals surface area contributed by atoms with E-state index < -0.39 is 0 Å². The second-order valence-electron chi connectivity index (χ2n) is 8.12. The van der Waals surface area contributed by atoms with Crippen LogP contribution in [0.15, 0.2) is 35.0 Å². The lowest BCUT2D eigenvalue weighted by Gasteiger charge is -2.51. The van der Waals surface area contributed by atoms with Crippen molar-refractivity contribution < 1.29 is 9.32 Å². The zero-order valence-corrected chi connectivity index (χ0v) is 15.4. The van der Waals surface area contributed by atoms with Crippen molar-refractivity contribution in [1.82, 2.24) is 15.0 Å². The van der Waals surface area contributed by atoms with E-state index in [0.717, 1.165) is 6.54 Å². The number of aryl methyl sites for hydroxylation is 2. The van der Waals surface area contributed by atoms with Gasteiger partial charge in [0.25, 0.3) is 5.91 Å². The second kappa shape index (κ2) is 5.95. The molecule has 0 radical (unpaired) electrons. The van der Waals surface area contributed by atoms with E-state index in [1.165, 1.54) is 37.1 Å². The van der Waals surface area contributed by atoms with Gasteiger partial charge in [-0.05, 0) is 51.3 Å². The Balaban J connectivity index is 1.53. The highest BCUT2D eigenvalue weighted by Gasteiger charge is 2.54. The number of hydrogen-bond acceptors (Lipinski definition) is 4. The van der Waals surface area contributed by atoms with E-state index in [1.807, 2.05) is 6.92 Å². The fraction of sp³-hybridized carbons (Fsp3) is 0.524. The number of nitrogens with zero attached hydrogens (tertiary/aromatic N) is 3. The molecule has 3 atom stereocenters. The first-order valence-electron chi connectivity index (χ1n) is 9.66. The number of hydrogen-bond donors (Lipinski definition) is 0. The molecule has 2 bridgehead atoms. The molecular weight excluding hydrogens is 326 g/mol. The lowest BCUT2D eigenvalue weighted by atomic mass is 9.75.